The minimum atomic E-state index is 0.307. The minimum Gasteiger partial charge on any atom is -0.399 e. The van der Waals surface area contributed by atoms with E-state index in [1.54, 1.807) is 18.4 Å². The molecular weight excluding hydrogens is 150 g/mol. The Morgan fingerprint density at radius 3 is 2.70 bits per heavy atom. The number of nitrogen functional groups attached to an aromatic ring is 1. The average Bonchev–Trinajstić information content (AvgIpc) is 1.94. The van der Waals surface area contributed by atoms with Crippen molar-refractivity contribution in [2.24, 2.45) is 0 Å². The van der Waals surface area contributed by atoms with Crippen LogP contribution in [0, 0.1) is 0 Å². The van der Waals surface area contributed by atoms with Gasteiger partial charge in [0.2, 0.25) is 6.29 Å². The molecule has 10 heavy (non-hydrogen) atoms. The van der Waals surface area contributed by atoms with Crippen molar-refractivity contribution in [2.45, 2.75) is 0 Å². The van der Waals surface area contributed by atoms with E-state index in [2.05, 4.69) is 0 Å². The fourth-order valence-corrected chi connectivity index (χ4v) is 0.777. The van der Waals surface area contributed by atoms with E-state index < -0.39 is 0 Å². The largest absolute Gasteiger partial charge is 0.399 e. The monoisotopic (exact) mass is 154 g/mol. The Hall–Kier alpha value is -1.02. The third-order valence-corrected chi connectivity index (χ3v) is 1.43. The zero-order valence-corrected chi connectivity index (χ0v) is 5.85. The highest BCUT2D eigenvalue weighted by Crippen LogP contribution is 2.16. The van der Waals surface area contributed by atoms with Gasteiger partial charge in [0.05, 0.1) is 5.02 Å². The Morgan fingerprint density at radius 1 is 1.50 bits per heavy atom. The lowest BCUT2D eigenvalue weighted by Crippen LogP contribution is -1.87. The van der Waals surface area contributed by atoms with Gasteiger partial charge in [0.25, 0.3) is 0 Å². The maximum atomic E-state index is 10.1. The highest BCUT2D eigenvalue weighted by molar-refractivity contribution is 6.33. The van der Waals surface area contributed by atoms with E-state index in [9.17, 15) is 4.79 Å². The third-order valence-electron chi connectivity index (χ3n) is 1.10. The Balaban J connectivity index is 3.21. The lowest BCUT2D eigenvalue weighted by Gasteiger charge is -1.94. The second-order valence-electron chi connectivity index (χ2n) is 1.84. The normalized spacial score (nSPS) is 9.30. The second-order valence-corrected chi connectivity index (χ2v) is 2.25. The second kappa shape index (κ2) is 2.71. The third kappa shape index (κ3) is 1.28. The van der Waals surface area contributed by atoms with Gasteiger partial charge in [-0.05, 0) is 18.2 Å². The number of benzene rings is 1. The van der Waals surface area contributed by atoms with Crippen molar-refractivity contribution in [1.82, 2.24) is 0 Å². The molecular formula is C7H5ClNO. The summed E-state index contributed by atoms with van der Waals surface area (Å²) in [5.41, 5.74) is 6.19. The molecule has 1 rings (SSSR count). The Morgan fingerprint density at radius 2 is 2.20 bits per heavy atom. The van der Waals surface area contributed by atoms with Crippen LogP contribution in [-0.2, 0) is 4.79 Å². The maximum absolute atomic E-state index is 10.1. The molecule has 1 radical (unpaired) electrons. The van der Waals surface area contributed by atoms with E-state index in [0.29, 0.717) is 16.3 Å². The number of anilines is 1. The molecule has 0 amide bonds. The molecule has 0 saturated heterocycles. The maximum Gasteiger partial charge on any atom is 0.235 e. The van der Waals surface area contributed by atoms with Crippen molar-refractivity contribution < 1.29 is 4.79 Å². The van der Waals surface area contributed by atoms with E-state index in [1.807, 2.05) is 0 Å². The Kier molecular flexibility index (Phi) is 1.92. The topological polar surface area (TPSA) is 43.1 Å². The quantitative estimate of drug-likeness (QED) is 0.621. The summed E-state index contributed by atoms with van der Waals surface area (Å²) in [6.45, 7) is 0. The molecule has 2 nitrogen and oxygen atoms in total. The van der Waals surface area contributed by atoms with Crippen LogP contribution < -0.4 is 5.73 Å². The highest BCUT2D eigenvalue weighted by atomic mass is 35.5. The SMILES string of the molecule is Nc1ccc(Cl)c([C]=O)c1. The van der Waals surface area contributed by atoms with E-state index >= 15 is 0 Å². The summed E-state index contributed by atoms with van der Waals surface area (Å²) >= 11 is 5.58. The fourth-order valence-electron chi connectivity index (χ4n) is 0.621. The fraction of sp³-hybridized carbons (Fsp3) is 0. The molecule has 0 aliphatic heterocycles. The molecule has 0 fully saturated rings. The molecule has 51 valence electrons. The minimum absolute atomic E-state index is 0.307. The number of rotatable bonds is 1. The summed E-state index contributed by atoms with van der Waals surface area (Å²) in [7, 11) is 0. The number of carbonyl (C=O) groups excluding carboxylic acids is 1. The highest BCUT2D eigenvalue weighted by Gasteiger charge is 1.97. The van der Waals surface area contributed by atoms with Gasteiger partial charge in [-0.2, -0.15) is 0 Å². The van der Waals surface area contributed by atoms with Gasteiger partial charge in [-0.25, -0.2) is 0 Å². The van der Waals surface area contributed by atoms with Crippen LogP contribution in [0.2, 0.25) is 5.02 Å². The van der Waals surface area contributed by atoms with E-state index in [-0.39, 0.29) is 0 Å². The van der Waals surface area contributed by atoms with Crippen molar-refractivity contribution in [3.05, 3.63) is 28.8 Å². The van der Waals surface area contributed by atoms with Crippen LogP contribution in [0.1, 0.15) is 5.56 Å². The average molecular weight is 155 g/mol. The number of hydrogen-bond donors (Lipinski definition) is 1. The van der Waals surface area contributed by atoms with Gasteiger partial charge >= 0.3 is 0 Å². The molecule has 0 saturated carbocycles. The first-order valence-electron chi connectivity index (χ1n) is 2.67. The summed E-state index contributed by atoms with van der Waals surface area (Å²) in [5.74, 6) is 0. The summed E-state index contributed by atoms with van der Waals surface area (Å²) in [4.78, 5) is 10.1. The van der Waals surface area contributed by atoms with Crippen LogP contribution >= 0.6 is 11.6 Å². The molecule has 3 heteroatoms. The Labute approximate surface area is 63.6 Å². The molecule has 0 spiro atoms. The first-order chi connectivity index (χ1) is 4.74. The molecule has 0 aliphatic carbocycles. The van der Waals surface area contributed by atoms with E-state index in [0.717, 1.165) is 0 Å². The molecule has 1 aromatic rings. The smallest absolute Gasteiger partial charge is 0.235 e. The summed E-state index contributed by atoms with van der Waals surface area (Å²) in [6.07, 6.45) is 1.67. The molecule has 2 N–H and O–H groups in total. The van der Waals surface area contributed by atoms with Crippen LogP contribution in [-0.4, -0.2) is 6.29 Å². The van der Waals surface area contributed by atoms with Gasteiger partial charge in [-0.3, -0.25) is 4.79 Å². The van der Waals surface area contributed by atoms with Crippen LogP contribution in [0.4, 0.5) is 5.69 Å². The molecule has 0 heterocycles. The molecule has 0 bridgehead atoms. The summed E-state index contributed by atoms with van der Waals surface area (Å²) in [5, 5.41) is 0.379. The van der Waals surface area contributed by atoms with Gasteiger partial charge in [-0.15, -0.1) is 0 Å². The zero-order valence-electron chi connectivity index (χ0n) is 5.10. The summed E-state index contributed by atoms with van der Waals surface area (Å²) < 4.78 is 0. The van der Waals surface area contributed by atoms with Crippen LogP contribution in [0.15, 0.2) is 18.2 Å². The van der Waals surface area contributed by atoms with Gasteiger partial charge in [-0.1, -0.05) is 11.6 Å². The van der Waals surface area contributed by atoms with Gasteiger partial charge < -0.3 is 5.73 Å². The van der Waals surface area contributed by atoms with Crippen LogP contribution in [0.25, 0.3) is 0 Å². The lowest BCUT2D eigenvalue weighted by atomic mass is 10.2. The standard InChI is InChI=1S/C7H5ClNO/c8-7-2-1-6(9)3-5(7)4-10/h1-3H,9H2. The van der Waals surface area contributed by atoms with Crippen molar-refractivity contribution in [3.8, 4) is 0 Å². The van der Waals surface area contributed by atoms with Crippen molar-refractivity contribution >= 4 is 23.6 Å². The van der Waals surface area contributed by atoms with Crippen LogP contribution in [0.3, 0.4) is 0 Å². The molecule has 0 atom stereocenters. The zero-order chi connectivity index (χ0) is 7.56. The number of hydrogen-bond acceptors (Lipinski definition) is 2. The van der Waals surface area contributed by atoms with Gasteiger partial charge in [0.1, 0.15) is 0 Å². The van der Waals surface area contributed by atoms with Crippen molar-refractivity contribution in [3.63, 3.8) is 0 Å². The molecule has 1 aromatic carbocycles. The van der Waals surface area contributed by atoms with Gasteiger partial charge in [0.15, 0.2) is 0 Å². The first-order valence-corrected chi connectivity index (χ1v) is 3.05. The molecule has 0 unspecified atom stereocenters. The van der Waals surface area contributed by atoms with Crippen LogP contribution in [0.5, 0.6) is 0 Å². The summed E-state index contributed by atoms with van der Waals surface area (Å²) in [6, 6.07) is 4.68. The van der Waals surface area contributed by atoms with Crippen molar-refractivity contribution in [2.75, 3.05) is 5.73 Å². The predicted octanol–water partition coefficient (Wildman–Crippen LogP) is 1.38. The van der Waals surface area contributed by atoms with Crippen molar-refractivity contribution in [1.29, 1.82) is 0 Å². The van der Waals surface area contributed by atoms with E-state index in [4.69, 9.17) is 17.3 Å². The Bertz CT molecular complexity index is 260. The predicted molar refractivity (Wildman–Crippen MR) is 40.7 cm³/mol. The number of nitrogens with two attached hydrogens (primary N) is 1. The number of halogens is 1. The molecule has 0 aliphatic rings. The molecule has 0 aromatic heterocycles. The first kappa shape index (κ1) is 7.09. The van der Waals surface area contributed by atoms with Gasteiger partial charge in [0, 0.05) is 11.3 Å². The lowest BCUT2D eigenvalue weighted by molar-refractivity contribution is 0.563. The van der Waals surface area contributed by atoms with E-state index in [1.165, 1.54) is 6.07 Å².